The van der Waals surface area contributed by atoms with E-state index in [1.54, 1.807) is 20.8 Å². The van der Waals surface area contributed by atoms with Crippen molar-refractivity contribution < 1.29 is 19.1 Å². The van der Waals surface area contributed by atoms with Crippen LogP contribution in [0.5, 0.6) is 0 Å². The molecule has 1 unspecified atom stereocenters. The van der Waals surface area contributed by atoms with Gasteiger partial charge in [-0.05, 0) is 33.1 Å². The highest BCUT2D eigenvalue weighted by molar-refractivity contribution is 5.89. The SMILES string of the molecule is CCOC(=O)CN(C(=O)C(CC(C)C)NC(N)=O)C(C)C. The number of nitrogens with two attached hydrogens (primary N) is 1. The van der Waals surface area contributed by atoms with Crippen LogP contribution in [0.4, 0.5) is 4.79 Å². The molecule has 0 spiro atoms. The standard InChI is InChI=1S/C14H27N3O4/c1-6-21-12(18)8-17(10(4)5)13(19)11(7-9(2)3)16-14(15)20/h9-11H,6-8H2,1-5H3,(H3,15,16,20). The number of hydrogen-bond donors (Lipinski definition) is 2. The zero-order valence-corrected chi connectivity index (χ0v) is 13.5. The zero-order chi connectivity index (χ0) is 16.6. The molecule has 0 saturated heterocycles. The van der Waals surface area contributed by atoms with Crippen molar-refractivity contribution in [3.8, 4) is 0 Å². The minimum atomic E-state index is -0.756. The first-order valence-electron chi connectivity index (χ1n) is 7.21. The monoisotopic (exact) mass is 301 g/mol. The van der Waals surface area contributed by atoms with E-state index in [0.29, 0.717) is 6.42 Å². The average Bonchev–Trinajstić information content (AvgIpc) is 2.33. The smallest absolute Gasteiger partial charge is 0.325 e. The molecule has 0 saturated carbocycles. The topological polar surface area (TPSA) is 102 Å². The summed E-state index contributed by atoms with van der Waals surface area (Å²) in [4.78, 5) is 36.6. The number of carbonyl (C=O) groups is 3. The third-order valence-corrected chi connectivity index (χ3v) is 2.83. The molecule has 0 aliphatic heterocycles. The Bertz CT molecular complexity index is 369. The Hall–Kier alpha value is -1.79. The molecule has 0 heterocycles. The number of urea groups is 1. The molecule has 21 heavy (non-hydrogen) atoms. The van der Waals surface area contributed by atoms with E-state index >= 15 is 0 Å². The highest BCUT2D eigenvalue weighted by Gasteiger charge is 2.29. The van der Waals surface area contributed by atoms with Crippen LogP contribution in [-0.2, 0) is 14.3 Å². The number of rotatable bonds is 8. The van der Waals surface area contributed by atoms with Crippen molar-refractivity contribution in [1.29, 1.82) is 0 Å². The number of ether oxygens (including phenoxy) is 1. The molecule has 0 fully saturated rings. The van der Waals surface area contributed by atoms with Gasteiger partial charge in [-0.25, -0.2) is 4.79 Å². The van der Waals surface area contributed by atoms with Gasteiger partial charge in [-0.15, -0.1) is 0 Å². The number of esters is 1. The van der Waals surface area contributed by atoms with Gasteiger partial charge in [-0.3, -0.25) is 9.59 Å². The van der Waals surface area contributed by atoms with E-state index in [2.05, 4.69) is 5.32 Å². The number of hydrogen-bond acceptors (Lipinski definition) is 4. The van der Waals surface area contributed by atoms with E-state index in [1.807, 2.05) is 13.8 Å². The van der Waals surface area contributed by atoms with Crippen LogP contribution in [0.2, 0.25) is 0 Å². The third kappa shape index (κ3) is 7.53. The number of amides is 3. The molecule has 3 N–H and O–H groups in total. The maximum atomic E-state index is 12.5. The normalized spacial score (nSPS) is 12.1. The maximum absolute atomic E-state index is 12.5. The summed E-state index contributed by atoms with van der Waals surface area (Å²) in [7, 11) is 0. The van der Waals surface area contributed by atoms with E-state index in [-0.39, 0.29) is 31.0 Å². The second-order valence-corrected chi connectivity index (χ2v) is 5.56. The molecule has 0 aliphatic carbocycles. The van der Waals surface area contributed by atoms with Crippen LogP contribution in [0, 0.1) is 5.92 Å². The van der Waals surface area contributed by atoms with Crippen LogP contribution in [0.1, 0.15) is 41.0 Å². The Kier molecular flexibility index (Phi) is 8.42. The molecular formula is C14H27N3O4. The summed E-state index contributed by atoms with van der Waals surface area (Å²) in [6.07, 6.45) is 0.452. The zero-order valence-electron chi connectivity index (χ0n) is 13.5. The van der Waals surface area contributed by atoms with Crippen LogP contribution in [0.25, 0.3) is 0 Å². The summed E-state index contributed by atoms with van der Waals surface area (Å²) in [5, 5.41) is 2.45. The van der Waals surface area contributed by atoms with E-state index in [9.17, 15) is 14.4 Å². The van der Waals surface area contributed by atoms with E-state index in [4.69, 9.17) is 10.5 Å². The predicted molar refractivity (Wildman–Crippen MR) is 79.4 cm³/mol. The number of carbonyl (C=O) groups excluding carboxylic acids is 3. The van der Waals surface area contributed by atoms with Gasteiger partial charge in [0.2, 0.25) is 5.91 Å². The fourth-order valence-corrected chi connectivity index (χ4v) is 1.93. The predicted octanol–water partition coefficient (Wildman–Crippen LogP) is 0.870. The van der Waals surface area contributed by atoms with Crippen LogP contribution < -0.4 is 11.1 Å². The Labute approximate surface area is 126 Å². The lowest BCUT2D eigenvalue weighted by molar-refractivity contribution is -0.150. The van der Waals surface area contributed by atoms with Crippen LogP contribution in [0.3, 0.4) is 0 Å². The first kappa shape index (κ1) is 19.2. The number of primary amides is 1. The first-order valence-corrected chi connectivity index (χ1v) is 7.21. The van der Waals surface area contributed by atoms with Crippen molar-refractivity contribution in [2.45, 2.75) is 53.1 Å². The van der Waals surface area contributed by atoms with Gasteiger partial charge in [0.1, 0.15) is 12.6 Å². The summed E-state index contributed by atoms with van der Waals surface area (Å²) in [6, 6.07) is -1.68. The molecule has 7 heteroatoms. The van der Waals surface area contributed by atoms with E-state index in [1.165, 1.54) is 4.90 Å². The Morgan fingerprint density at radius 1 is 1.19 bits per heavy atom. The minimum absolute atomic E-state index is 0.140. The summed E-state index contributed by atoms with van der Waals surface area (Å²) >= 11 is 0. The Morgan fingerprint density at radius 3 is 2.14 bits per heavy atom. The summed E-state index contributed by atoms with van der Waals surface area (Å²) in [5.41, 5.74) is 5.12. The molecule has 0 bridgehead atoms. The van der Waals surface area contributed by atoms with Crippen molar-refractivity contribution in [2.24, 2.45) is 11.7 Å². The van der Waals surface area contributed by atoms with Crippen molar-refractivity contribution in [2.75, 3.05) is 13.2 Å². The Morgan fingerprint density at radius 2 is 1.76 bits per heavy atom. The molecular weight excluding hydrogens is 274 g/mol. The molecule has 3 amide bonds. The fraction of sp³-hybridized carbons (Fsp3) is 0.786. The quantitative estimate of drug-likeness (QED) is 0.649. The summed E-state index contributed by atoms with van der Waals surface area (Å²) < 4.78 is 4.87. The van der Waals surface area contributed by atoms with Gasteiger partial charge in [0.15, 0.2) is 0 Å². The van der Waals surface area contributed by atoms with Crippen molar-refractivity contribution in [3.05, 3.63) is 0 Å². The first-order chi connectivity index (χ1) is 9.68. The molecule has 1 atom stereocenters. The Balaban J connectivity index is 5.02. The van der Waals surface area contributed by atoms with E-state index in [0.717, 1.165) is 0 Å². The molecule has 0 aromatic rings. The highest BCUT2D eigenvalue weighted by Crippen LogP contribution is 2.10. The average molecular weight is 301 g/mol. The van der Waals surface area contributed by atoms with Crippen molar-refractivity contribution >= 4 is 17.9 Å². The van der Waals surface area contributed by atoms with Gasteiger partial charge >= 0.3 is 12.0 Å². The maximum Gasteiger partial charge on any atom is 0.325 e. The van der Waals surface area contributed by atoms with Gasteiger partial charge in [0, 0.05) is 6.04 Å². The molecule has 0 aromatic carbocycles. The lowest BCUT2D eigenvalue weighted by atomic mass is 10.0. The lowest BCUT2D eigenvalue weighted by Crippen LogP contribution is -2.53. The van der Waals surface area contributed by atoms with Crippen LogP contribution in [0.15, 0.2) is 0 Å². The second kappa shape index (κ2) is 9.20. The molecule has 0 aliphatic rings. The second-order valence-electron chi connectivity index (χ2n) is 5.56. The van der Waals surface area contributed by atoms with Gasteiger partial charge in [0.05, 0.1) is 6.61 Å². The van der Waals surface area contributed by atoms with Crippen molar-refractivity contribution in [3.63, 3.8) is 0 Å². The molecule has 7 nitrogen and oxygen atoms in total. The third-order valence-electron chi connectivity index (χ3n) is 2.83. The lowest BCUT2D eigenvalue weighted by Gasteiger charge is -2.30. The number of nitrogens with one attached hydrogen (secondary N) is 1. The number of nitrogens with zero attached hydrogens (tertiary/aromatic N) is 1. The van der Waals surface area contributed by atoms with Gasteiger partial charge < -0.3 is 20.7 Å². The highest BCUT2D eigenvalue weighted by atomic mass is 16.5. The molecule has 122 valence electrons. The molecule has 0 radical (unpaired) electrons. The van der Waals surface area contributed by atoms with Crippen LogP contribution >= 0.6 is 0 Å². The minimum Gasteiger partial charge on any atom is -0.465 e. The van der Waals surface area contributed by atoms with Gasteiger partial charge in [-0.1, -0.05) is 13.8 Å². The van der Waals surface area contributed by atoms with E-state index < -0.39 is 18.0 Å². The fourth-order valence-electron chi connectivity index (χ4n) is 1.93. The molecule has 0 aromatic heterocycles. The summed E-state index contributed by atoms with van der Waals surface area (Å²) in [5.74, 6) is -0.602. The van der Waals surface area contributed by atoms with Gasteiger partial charge in [0.25, 0.3) is 0 Å². The van der Waals surface area contributed by atoms with Crippen LogP contribution in [-0.4, -0.2) is 48.0 Å². The summed E-state index contributed by atoms with van der Waals surface area (Å²) in [6.45, 7) is 9.30. The van der Waals surface area contributed by atoms with Gasteiger partial charge in [-0.2, -0.15) is 0 Å². The molecule has 0 rings (SSSR count). The largest absolute Gasteiger partial charge is 0.465 e. The van der Waals surface area contributed by atoms with Crippen molar-refractivity contribution in [1.82, 2.24) is 10.2 Å².